The van der Waals surface area contributed by atoms with Crippen LogP contribution in [0.3, 0.4) is 0 Å². The average Bonchev–Trinajstić information content (AvgIpc) is 2.58. The fraction of sp³-hybridized carbons (Fsp3) is 0.316. The SMILES string of the molecule is CC(C)(C)OC(=O)N[C@H](c1ccccc1)[C@@H]1Nc2ncccc2NC1=O. The van der Waals surface area contributed by atoms with Crippen molar-refractivity contribution < 1.29 is 14.3 Å². The lowest BCUT2D eigenvalue weighted by Gasteiger charge is -2.33. The molecule has 2 heterocycles. The zero-order valence-corrected chi connectivity index (χ0v) is 14.9. The number of hydrogen-bond acceptors (Lipinski definition) is 5. The number of alkyl carbamates (subject to hydrolysis) is 1. The molecule has 1 aliphatic rings. The second-order valence-electron chi connectivity index (χ2n) is 7.05. The number of nitrogens with one attached hydrogen (secondary N) is 3. The van der Waals surface area contributed by atoms with Gasteiger partial charge in [0.05, 0.1) is 11.7 Å². The number of carbonyl (C=O) groups is 2. The van der Waals surface area contributed by atoms with Gasteiger partial charge in [0, 0.05) is 6.20 Å². The lowest BCUT2D eigenvalue weighted by molar-refractivity contribution is -0.117. The summed E-state index contributed by atoms with van der Waals surface area (Å²) in [5.41, 5.74) is 0.755. The number of hydrogen-bond donors (Lipinski definition) is 3. The standard InChI is InChI=1S/C19H22N4O3/c1-19(2,3)26-18(25)23-14(12-8-5-4-6-9-12)15-17(24)21-13-10-7-11-20-16(13)22-15/h4-11,14-15H,1-3H3,(H,20,22)(H,21,24)(H,23,25)/t14-,15+/m1/s1. The third kappa shape index (κ3) is 4.11. The second-order valence-corrected chi connectivity index (χ2v) is 7.05. The van der Waals surface area contributed by atoms with Crippen LogP contribution in [-0.2, 0) is 9.53 Å². The van der Waals surface area contributed by atoms with Crippen molar-refractivity contribution in [3.05, 3.63) is 54.2 Å². The summed E-state index contributed by atoms with van der Waals surface area (Å²) in [4.78, 5) is 29.2. The Balaban J connectivity index is 1.89. The van der Waals surface area contributed by atoms with Crippen LogP contribution in [0.5, 0.6) is 0 Å². The van der Waals surface area contributed by atoms with Gasteiger partial charge in [0.25, 0.3) is 0 Å². The van der Waals surface area contributed by atoms with Crippen LogP contribution in [0.15, 0.2) is 48.7 Å². The summed E-state index contributed by atoms with van der Waals surface area (Å²) in [5.74, 6) is 0.305. The van der Waals surface area contributed by atoms with Crippen LogP contribution >= 0.6 is 0 Å². The molecule has 2 amide bonds. The van der Waals surface area contributed by atoms with Crippen LogP contribution in [0.4, 0.5) is 16.3 Å². The van der Waals surface area contributed by atoms with Crippen molar-refractivity contribution >= 4 is 23.5 Å². The number of pyridine rings is 1. The molecule has 0 unspecified atom stereocenters. The topological polar surface area (TPSA) is 92.3 Å². The average molecular weight is 354 g/mol. The van der Waals surface area contributed by atoms with E-state index < -0.39 is 23.8 Å². The molecule has 136 valence electrons. The van der Waals surface area contributed by atoms with Crippen molar-refractivity contribution in [3.8, 4) is 0 Å². The molecule has 1 aromatic heterocycles. The molecule has 0 fully saturated rings. The first-order chi connectivity index (χ1) is 12.3. The third-order valence-corrected chi connectivity index (χ3v) is 3.80. The van der Waals surface area contributed by atoms with Crippen LogP contribution < -0.4 is 16.0 Å². The van der Waals surface area contributed by atoms with Gasteiger partial charge >= 0.3 is 6.09 Å². The minimum absolute atomic E-state index is 0.254. The summed E-state index contributed by atoms with van der Waals surface area (Å²) in [5, 5.41) is 8.75. The van der Waals surface area contributed by atoms with Crippen molar-refractivity contribution in [2.45, 2.75) is 38.5 Å². The summed E-state index contributed by atoms with van der Waals surface area (Å²) < 4.78 is 5.36. The Morgan fingerprint density at radius 1 is 1.19 bits per heavy atom. The first-order valence-corrected chi connectivity index (χ1v) is 8.40. The number of rotatable bonds is 3. The molecule has 3 N–H and O–H groups in total. The predicted molar refractivity (Wildman–Crippen MR) is 98.8 cm³/mol. The minimum atomic E-state index is -0.729. The highest BCUT2D eigenvalue weighted by Gasteiger charge is 2.36. The van der Waals surface area contributed by atoms with Gasteiger partial charge in [0.1, 0.15) is 11.6 Å². The molecule has 7 heteroatoms. The van der Waals surface area contributed by atoms with Gasteiger partial charge in [-0.1, -0.05) is 30.3 Å². The fourth-order valence-electron chi connectivity index (χ4n) is 2.73. The number of aromatic nitrogens is 1. The zero-order chi connectivity index (χ0) is 18.7. The molecule has 1 aromatic carbocycles. The van der Waals surface area contributed by atoms with Gasteiger partial charge < -0.3 is 20.7 Å². The largest absolute Gasteiger partial charge is 0.444 e. The quantitative estimate of drug-likeness (QED) is 0.788. The Morgan fingerprint density at radius 2 is 1.92 bits per heavy atom. The summed E-state index contributed by atoms with van der Waals surface area (Å²) in [6.45, 7) is 5.36. The monoisotopic (exact) mass is 354 g/mol. The highest BCUT2D eigenvalue weighted by Crippen LogP contribution is 2.29. The fourth-order valence-corrected chi connectivity index (χ4v) is 2.73. The number of fused-ring (bicyclic) bond motifs is 1. The van der Waals surface area contributed by atoms with Crippen molar-refractivity contribution in [1.82, 2.24) is 10.3 Å². The van der Waals surface area contributed by atoms with Gasteiger partial charge in [0.15, 0.2) is 5.82 Å². The van der Waals surface area contributed by atoms with Crippen LogP contribution in [0, 0.1) is 0 Å². The molecule has 0 radical (unpaired) electrons. The van der Waals surface area contributed by atoms with E-state index in [4.69, 9.17) is 4.74 Å². The van der Waals surface area contributed by atoms with Crippen molar-refractivity contribution in [2.75, 3.05) is 10.6 Å². The molecule has 0 aliphatic carbocycles. The number of nitrogens with zero attached hydrogens (tertiary/aromatic N) is 1. The number of anilines is 2. The third-order valence-electron chi connectivity index (χ3n) is 3.80. The maximum absolute atomic E-state index is 12.6. The van der Waals surface area contributed by atoms with Gasteiger partial charge in [-0.2, -0.15) is 0 Å². The van der Waals surface area contributed by atoms with E-state index in [0.29, 0.717) is 11.5 Å². The maximum atomic E-state index is 12.6. The van der Waals surface area contributed by atoms with Gasteiger partial charge in [-0.25, -0.2) is 9.78 Å². The Kier molecular flexibility index (Phi) is 4.79. The number of ether oxygens (including phenoxy) is 1. The Morgan fingerprint density at radius 3 is 2.62 bits per heavy atom. The first kappa shape index (κ1) is 17.7. The molecule has 7 nitrogen and oxygen atoms in total. The molecule has 1 aliphatic heterocycles. The van der Waals surface area contributed by atoms with E-state index in [1.165, 1.54) is 0 Å². The van der Waals surface area contributed by atoms with Crippen LogP contribution in [0.1, 0.15) is 32.4 Å². The molecule has 26 heavy (non-hydrogen) atoms. The van der Waals surface area contributed by atoms with E-state index in [1.54, 1.807) is 39.1 Å². The number of amides is 2. The number of benzene rings is 1. The van der Waals surface area contributed by atoms with E-state index in [-0.39, 0.29) is 5.91 Å². The van der Waals surface area contributed by atoms with Gasteiger partial charge in [-0.15, -0.1) is 0 Å². The summed E-state index contributed by atoms with van der Waals surface area (Å²) in [6, 6.07) is 11.4. The number of carbonyl (C=O) groups excluding carboxylic acids is 2. The first-order valence-electron chi connectivity index (χ1n) is 8.40. The van der Waals surface area contributed by atoms with Crippen LogP contribution in [0.2, 0.25) is 0 Å². The van der Waals surface area contributed by atoms with Gasteiger partial charge in [-0.05, 0) is 38.5 Å². The van der Waals surface area contributed by atoms with E-state index in [1.807, 2.05) is 30.3 Å². The molecule has 0 spiro atoms. The van der Waals surface area contributed by atoms with Crippen LogP contribution in [0.25, 0.3) is 0 Å². The van der Waals surface area contributed by atoms with Crippen molar-refractivity contribution in [1.29, 1.82) is 0 Å². The molecule has 0 saturated heterocycles. The summed E-state index contributed by atoms with van der Waals surface area (Å²) in [7, 11) is 0. The Labute approximate surface area is 152 Å². The zero-order valence-electron chi connectivity index (χ0n) is 14.9. The van der Waals surface area contributed by atoms with Crippen molar-refractivity contribution in [2.24, 2.45) is 0 Å². The summed E-state index contributed by atoms with van der Waals surface area (Å²) in [6.07, 6.45) is 1.05. The van der Waals surface area contributed by atoms with Crippen molar-refractivity contribution in [3.63, 3.8) is 0 Å². The highest BCUT2D eigenvalue weighted by molar-refractivity contribution is 6.02. The second kappa shape index (κ2) is 7.03. The maximum Gasteiger partial charge on any atom is 0.408 e. The molecule has 0 saturated carbocycles. The van der Waals surface area contributed by atoms with E-state index in [0.717, 1.165) is 5.56 Å². The van der Waals surface area contributed by atoms with Gasteiger partial charge in [0.2, 0.25) is 5.91 Å². The lowest BCUT2D eigenvalue weighted by Crippen LogP contribution is -2.50. The predicted octanol–water partition coefficient (Wildman–Crippen LogP) is 3.08. The Bertz CT molecular complexity index is 802. The van der Waals surface area contributed by atoms with Crippen LogP contribution in [-0.4, -0.2) is 28.6 Å². The smallest absolute Gasteiger partial charge is 0.408 e. The lowest BCUT2D eigenvalue weighted by atomic mass is 9.97. The molecular weight excluding hydrogens is 332 g/mol. The normalized spacial score (nSPS) is 17.3. The molecule has 3 rings (SSSR count). The minimum Gasteiger partial charge on any atom is -0.444 e. The molecule has 2 atom stereocenters. The van der Waals surface area contributed by atoms with E-state index in [2.05, 4.69) is 20.9 Å². The molecule has 0 bridgehead atoms. The summed E-state index contributed by atoms with van der Waals surface area (Å²) >= 11 is 0. The Hall–Kier alpha value is -3.09. The van der Waals surface area contributed by atoms with E-state index in [9.17, 15) is 9.59 Å². The van der Waals surface area contributed by atoms with E-state index >= 15 is 0 Å². The van der Waals surface area contributed by atoms with Gasteiger partial charge in [-0.3, -0.25) is 4.79 Å². The molecule has 2 aromatic rings. The molecular formula is C19H22N4O3. The highest BCUT2D eigenvalue weighted by atomic mass is 16.6.